The van der Waals surface area contributed by atoms with E-state index < -0.39 is 0 Å². The van der Waals surface area contributed by atoms with E-state index in [0.29, 0.717) is 0 Å². The van der Waals surface area contributed by atoms with Crippen LogP contribution in [-0.4, -0.2) is 47.1 Å². The minimum atomic E-state index is 0.724. The fourth-order valence-corrected chi connectivity index (χ4v) is 3.78. The summed E-state index contributed by atoms with van der Waals surface area (Å²) in [7, 11) is 0. The van der Waals surface area contributed by atoms with Crippen molar-refractivity contribution in [3.8, 4) is 0 Å². The minimum absolute atomic E-state index is 0.724. The van der Waals surface area contributed by atoms with Crippen molar-refractivity contribution in [2.75, 3.05) is 31.1 Å². The van der Waals surface area contributed by atoms with Crippen LogP contribution in [0.5, 0.6) is 0 Å². The third-order valence-electron chi connectivity index (χ3n) is 4.45. The van der Waals surface area contributed by atoms with Crippen LogP contribution in [0, 0.1) is 0 Å². The van der Waals surface area contributed by atoms with E-state index in [1.165, 1.54) is 31.6 Å². The van der Waals surface area contributed by atoms with Crippen LogP contribution >= 0.6 is 15.9 Å². The maximum Gasteiger partial charge on any atom is 0.112 e. The van der Waals surface area contributed by atoms with Crippen molar-refractivity contribution in [2.45, 2.75) is 18.9 Å². The first kappa shape index (κ1) is 12.5. The minimum Gasteiger partial charge on any atom is -0.367 e. The van der Waals surface area contributed by atoms with E-state index in [0.717, 1.165) is 34.6 Å². The molecule has 5 heteroatoms. The number of rotatable bonds is 1. The maximum atomic E-state index is 4.58. The van der Waals surface area contributed by atoms with Crippen LogP contribution in [0.25, 0.3) is 11.0 Å². The molecule has 2 aliphatic rings. The van der Waals surface area contributed by atoms with Gasteiger partial charge in [0.1, 0.15) is 5.52 Å². The van der Waals surface area contributed by atoms with Crippen molar-refractivity contribution in [3.05, 3.63) is 29.0 Å². The molecule has 104 valence electrons. The summed E-state index contributed by atoms with van der Waals surface area (Å²) in [5.41, 5.74) is 3.21. The Balaban J connectivity index is 1.71. The second-order valence-corrected chi connectivity index (χ2v) is 6.55. The summed E-state index contributed by atoms with van der Waals surface area (Å²) in [5.74, 6) is 0. The van der Waals surface area contributed by atoms with Gasteiger partial charge < -0.3 is 4.90 Å². The van der Waals surface area contributed by atoms with E-state index in [2.05, 4.69) is 41.8 Å². The van der Waals surface area contributed by atoms with E-state index in [1.54, 1.807) is 0 Å². The Bertz CT molecular complexity index is 645. The largest absolute Gasteiger partial charge is 0.367 e. The highest BCUT2D eigenvalue weighted by atomic mass is 79.9. The summed E-state index contributed by atoms with van der Waals surface area (Å²) >= 11 is 3.47. The lowest BCUT2D eigenvalue weighted by molar-refractivity contribution is 0.231. The van der Waals surface area contributed by atoms with Crippen LogP contribution in [0.2, 0.25) is 0 Å². The number of anilines is 1. The maximum absolute atomic E-state index is 4.58. The summed E-state index contributed by atoms with van der Waals surface area (Å²) in [5, 5.41) is 0. The zero-order valence-corrected chi connectivity index (χ0v) is 12.9. The summed E-state index contributed by atoms with van der Waals surface area (Å²) in [6, 6.07) is 4.87. The molecule has 1 atom stereocenters. The van der Waals surface area contributed by atoms with E-state index in [9.17, 15) is 0 Å². The molecule has 0 aromatic carbocycles. The Morgan fingerprint density at radius 1 is 1.20 bits per heavy atom. The van der Waals surface area contributed by atoms with Gasteiger partial charge in [-0.1, -0.05) is 0 Å². The van der Waals surface area contributed by atoms with Crippen LogP contribution < -0.4 is 4.90 Å². The highest BCUT2D eigenvalue weighted by molar-refractivity contribution is 9.10. The number of nitrogens with zero attached hydrogens (tertiary/aromatic N) is 4. The second kappa shape index (κ2) is 4.97. The normalized spacial score (nSPS) is 23.2. The molecule has 0 aliphatic carbocycles. The molecule has 4 rings (SSSR count). The van der Waals surface area contributed by atoms with Gasteiger partial charge in [-0.2, -0.15) is 0 Å². The van der Waals surface area contributed by atoms with Gasteiger partial charge in [-0.3, -0.25) is 14.9 Å². The molecule has 2 fully saturated rings. The van der Waals surface area contributed by atoms with Gasteiger partial charge >= 0.3 is 0 Å². The lowest BCUT2D eigenvalue weighted by atomic mass is 10.1. The van der Waals surface area contributed by atoms with E-state index in [1.807, 2.05) is 18.5 Å². The molecule has 0 saturated carbocycles. The fourth-order valence-electron chi connectivity index (χ4n) is 3.46. The lowest BCUT2D eigenvalue weighted by Crippen LogP contribution is -2.50. The first-order valence-corrected chi connectivity index (χ1v) is 8.00. The number of hydrogen-bond donors (Lipinski definition) is 0. The summed E-state index contributed by atoms with van der Waals surface area (Å²) in [4.78, 5) is 14.1. The molecule has 0 amide bonds. The molecule has 0 radical (unpaired) electrons. The molecule has 2 saturated heterocycles. The number of halogens is 1. The summed E-state index contributed by atoms with van der Waals surface area (Å²) < 4.78 is 0.982. The number of piperazine rings is 1. The Hall–Kier alpha value is -1.20. The van der Waals surface area contributed by atoms with Gasteiger partial charge in [0.2, 0.25) is 0 Å². The van der Waals surface area contributed by atoms with E-state index in [-0.39, 0.29) is 0 Å². The number of fused-ring (bicyclic) bond motifs is 2. The first-order chi connectivity index (χ1) is 9.81. The molecule has 4 heterocycles. The fraction of sp³-hybridized carbons (Fsp3) is 0.467. The third kappa shape index (κ3) is 2.09. The average Bonchev–Trinajstić information content (AvgIpc) is 2.93. The zero-order chi connectivity index (χ0) is 13.5. The highest BCUT2D eigenvalue weighted by Crippen LogP contribution is 2.29. The van der Waals surface area contributed by atoms with Crippen molar-refractivity contribution in [1.82, 2.24) is 14.9 Å². The van der Waals surface area contributed by atoms with Crippen LogP contribution in [0.3, 0.4) is 0 Å². The molecule has 4 nitrogen and oxygen atoms in total. The molecule has 20 heavy (non-hydrogen) atoms. The standard InChI is InChI=1S/C15H17BrN4/c16-11-8-13-15(18-9-11)14(3-4-17-13)20-7-6-19-5-1-2-12(19)10-20/h3-4,8-9,12H,1-2,5-7,10H2. The Morgan fingerprint density at radius 2 is 2.15 bits per heavy atom. The van der Waals surface area contributed by atoms with Crippen molar-refractivity contribution in [2.24, 2.45) is 0 Å². The monoisotopic (exact) mass is 332 g/mol. The van der Waals surface area contributed by atoms with Gasteiger partial charge in [0.25, 0.3) is 0 Å². The smallest absolute Gasteiger partial charge is 0.112 e. The Labute approximate surface area is 126 Å². The van der Waals surface area contributed by atoms with Crippen LogP contribution in [0.15, 0.2) is 29.0 Å². The van der Waals surface area contributed by atoms with Gasteiger partial charge in [-0.25, -0.2) is 0 Å². The topological polar surface area (TPSA) is 32.3 Å². The van der Waals surface area contributed by atoms with Gasteiger partial charge in [-0.05, 0) is 47.4 Å². The Kier molecular flexibility index (Phi) is 3.11. The average molecular weight is 333 g/mol. The summed E-state index contributed by atoms with van der Waals surface area (Å²) in [6.07, 6.45) is 6.44. The van der Waals surface area contributed by atoms with Gasteiger partial charge in [0.15, 0.2) is 0 Å². The predicted octanol–water partition coefficient (Wildman–Crippen LogP) is 2.68. The van der Waals surface area contributed by atoms with Gasteiger partial charge in [0.05, 0.1) is 11.2 Å². The number of hydrogen-bond acceptors (Lipinski definition) is 4. The number of pyridine rings is 2. The van der Waals surface area contributed by atoms with Crippen LogP contribution in [0.4, 0.5) is 5.69 Å². The van der Waals surface area contributed by atoms with Crippen molar-refractivity contribution in [3.63, 3.8) is 0 Å². The van der Waals surface area contributed by atoms with E-state index >= 15 is 0 Å². The Morgan fingerprint density at radius 3 is 3.10 bits per heavy atom. The van der Waals surface area contributed by atoms with Crippen molar-refractivity contribution < 1.29 is 0 Å². The zero-order valence-electron chi connectivity index (χ0n) is 11.3. The highest BCUT2D eigenvalue weighted by Gasteiger charge is 2.31. The van der Waals surface area contributed by atoms with Crippen molar-refractivity contribution in [1.29, 1.82) is 0 Å². The van der Waals surface area contributed by atoms with Crippen LogP contribution in [0.1, 0.15) is 12.8 Å². The van der Waals surface area contributed by atoms with Crippen LogP contribution in [-0.2, 0) is 0 Å². The molecule has 2 aliphatic heterocycles. The molecule has 0 bridgehead atoms. The van der Waals surface area contributed by atoms with E-state index in [4.69, 9.17) is 0 Å². The second-order valence-electron chi connectivity index (χ2n) is 5.63. The predicted molar refractivity (Wildman–Crippen MR) is 84.0 cm³/mol. The molecule has 2 aromatic rings. The lowest BCUT2D eigenvalue weighted by Gasteiger charge is -2.38. The molecule has 2 aromatic heterocycles. The van der Waals surface area contributed by atoms with Crippen molar-refractivity contribution >= 4 is 32.7 Å². The molecular weight excluding hydrogens is 316 g/mol. The molecule has 0 N–H and O–H groups in total. The van der Waals surface area contributed by atoms with Gasteiger partial charge in [0, 0.05) is 42.5 Å². The quantitative estimate of drug-likeness (QED) is 0.803. The molecule has 1 unspecified atom stereocenters. The SMILES string of the molecule is Brc1cnc2c(N3CCN4CCCC4C3)ccnc2c1. The first-order valence-electron chi connectivity index (χ1n) is 7.20. The molecular formula is C15H17BrN4. The summed E-state index contributed by atoms with van der Waals surface area (Å²) in [6.45, 7) is 4.66. The van der Waals surface area contributed by atoms with Gasteiger partial charge in [-0.15, -0.1) is 0 Å². The number of aromatic nitrogens is 2. The third-order valence-corrected chi connectivity index (χ3v) is 4.88. The molecule has 0 spiro atoms.